The van der Waals surface area contributed by atoms with Crippen molar-refractivity contribution in [2.45, 2.75) is 6.92 Å². The number of benzene rings is 1. The highest BCUT2D eigenvalue weighted by Crippen LogP contribution is 2.27. The van der Waals surface area contributed by atoms with E-state index in [1.165, 1.54) is 16.8 Å². The fraction of sp³-hybridized carbons (Fsp3) is 0.231. The van der Waals surface area contributed by atoms with Crippen LogP contribution in [0.15, 0.2) is 24.3 Å². The van der Waals surface area contributed by atoms with Gasteiger partial charge in [-0.3, -0.25) is 10.1 Å². The van der Waals surface area contributed by atoms with Gasteiger partial charge in [0.1, 0.15) is 17.5 Å². The first-order valence-corrected chi connectivity index (χ1v) is 6.24. The molecule has 0 aliphatic heterocycles. The van der Waals surface area contributed by atoms with E-state index in [1.807, 2.05) is 20.0 Å². The first-order chi connectivity index (χ1) is 9.99. The lowest BCUT2D eigenvalue weighted by atomic mass is 10.2. The molecule has 0 saturated heterocycles. The van der Waals surface area contributed by atoms with Gasteiger partial charge in [-0.25, -0.2) is 4.68 Å². The van der Waals surface area contributed by atoms with E-state index in [0.29, 0.717) is 18.1 Å². The standard InChI is InChI=1S/C13H14N6O2/c1-3-17(2)13-11(8-14)12(15)18(16-13)9-4-6-10(7-5-9)19(20)21/h4-7H,3,15H2,1-2H3. The average molecular weight is 286 g/mol. The van der Waals surface area contributed by atoms with E-state index >= 15 is 0 Å². The van der Waals surface area contributed by atoms with E-state index in [4.69, 9.17) is 5.73 Å². The zero-order chi connectivity index (χ0) is 15.6. The van der Waals surface area contributed by atoms with Gasteiger partial charge in [0.05, 0.1) is 10.6 Å². The molecular formula is C13H14N6O2. The van der Waals surface area contributed by atoms with Crippen molar-refractivity contribution in [2.75, 3.05) is 24.2 Å². The Kier molecular flexibility index (Phi) is 3.75. The largest absolute Gasteiger partial charge is 0.382 e. The zero-order valence-electron chi connectivity index (χ0n) is 11.6. The summed E-state index contributed by atoms with van der Waals surface area (Å²) in [6.45, 7) is 2.60. The second-order valence-corrected chi connectivity index (χ2v) is 4.40. The molecule has 0 bridgehead atoms. The van der Waals surface area contributed by atoms with E-state index in [1.54, 1.807) is 17.0 Å². The Balaban J connectivity index is 2.52. The molecule has 0 radical (unpaired) electrons. The fourth-order valence-corrected chi connectivity index (χ4v) is 1.86. The Morgan fingerprint density at radius 1 is 1.48 bits per heavy atom. The monoisotopic (exact) mass is 286 g/mol. The number of hydrogen-bond acceptors (Lipinski definition) is 6. The molecule has 0 atom stereocenters. The maximum atomic E-state index is 10.7. The minimum atomic E-state index is -0.479. The molecule has 0 fully saturated rings. The Labute approximate surface area is 121 Å². The van der Waals surface area contributed by atoms with Gasteiger partial charge in [0, 0.05) is 25.7 Å². The van der Waals surface area contributed by atoms with Crippen LogP contribution in [-0.4, -0.2) is 28.3 Å². The lowest BCUT2D eigenvalue weighted by molar-refractivity contribution is -0.384. The molecule has 0 unspecified atom stereocenters. The average Bonchev–Trinajstić information content (AvgIpc) is 2.83. The highest BCUT2D eigenvalue weighted by atomic mass is 16.6. The van der Waals surface area contributed by atoms with Crippen LogP contribution in [0.1, 0.15) is 12.5 Å². The van der Waals surface area contributed by atoms with Crippen LogP contribution in [0.4, 0.5) is 17.3 Å². The summed E-state index contributed by atoms with van der Waals surface area (Å²) in [6, 6.07) is 7.85. The molecule has 2 rings (SSSR count). The van der Waals surface area contributed by atoms with Crippen molar-refractivity contribution in [1.82, 2.24) is 9.78 Å². The number of hydrogen-bond donors (Lipinski definition) is 1. The van der Waals surface area contributed by atoms with Crippen LogP contribution in [-0.2, 0) is 0 Å². The van der Waals surface area contributed by atoms with Crippen molar-refractivity contribution in [2.24, 2.45) is 0 Å². The highest BCUT2D eigenvalue weighted by Gasteiger charge is 2.19. The summed E-state index contributed by atoms with van der Waals surface area (Å²) in [5, 5.41) is 24.2. The molecule has 0 spiro atoms. The minimum Gasteiger partial charge on any atom is -0.382 e. The second kappa shape index (κ2) is 5.50. The summed E-state index contributed by atoms with van der Waals surface area (Å²) in [5.41, 5.74) is 6.79. The molecule has 0 saturated carbocycles. The molecular weight excluding hydrogens is 272 g/mol. The van der Waals surface area contributed by atoms with Crippen molar-refractivity contribution in [3.8, 4) is 11.8 Å². The van der Waals surface area contributed by atoms with Crippen LogP contribution in [0.3, 0.4) is 0 Å². The van der Waals surface area contributed by atoms with Gasteiger partial charge in [0.25, 0.3) is 5.69 Å². The molecule has 0 aliphatic carbocycles. The first-order valence-electron chi connectivity index (χ1n) is 6.24. The van der Waals surface area contributed by atoms with Crippen molar-refractivity contribution >= 4 is 17.3 Å². The molecule has 108 valence electrons. The van der Waals surface area contributed by atoms with Gasteiger partial charge in [0.15, 0.2) is 5.82 Å². The van der Waals surface area contributed by atoms with Gasteiger partial charge in [-0.1, -0.05) is 0 Å². The van der Waals surface area contributed by atoms with Crippen LogP contribution in [0.5, 0.6) is 0 Å². The Morgan fingerprint density at radius 3 is 2.57 bits per heavy atom. The lowest BCUT2D eigenvalue weighted by Crippen LogP contribution is -2.17. The molecule has 2 N–H and O–H groups in total. The number of nitro benzene ring substituents is 1. The molecule has 2 aromatic rings. The summed E-state index contributed by atoms with van der Waals surface area (Å²) < 4.78 is 1.41. The third-order valence-corrected chi connectivity index (χ3v) is 3.16. The third-order valence-electron chi connectivity index (χ3n) is 3.16. The summed E-state index contributed by atoms with van der Waals surface area (Å²) in [7, 11) is 1.81. The van der Waals surface area contributed by atoms with Gasteiger partial charge in [-0.15, -0.1) is 5.10 Å². The molecule has 1 heterocycles. The summed E-state index contributed by atoms with van der Waals surface area (Å²) in [6.07, 6.45) is 0. The van der Waals surface area contributed by atoms with E-state index in [0.717, 1.165) is 0 Å². The molecule has 8 nitrogen and oxygen atoms in total. The molecule has 8 heteroatoms. The molecule has 1 aromatic heterocycles. The predicted molar refractivity (Wildman–Crippen MR) is 78.3 cm³/mol. The fourth-order valence-electron chi connectivity index (χ4n) is 1.86. The smallest absolute Gasteiger partial charge is 0.269 e. The summed E-state index contributed by atoms with van der Waals surface area (Å²) >= 11 is 0. The van der Waals surface area contributed by atoms with Crippen LogP contribution in [0, 0.1) is 21.4 Å². The first kappa shape index (κ1) is 14.3. The number of nitrogens with zero attached hydrogens (tertiary/aromatic N) is 5. The van der Waals surface area contributed by atoms with Crippen LogP contribution in [0.2, 0.25) is 0 Å². The van der Waals surface area contributed by atoms with E-state index in [9.17, 15) is 15.4 Å². The Morgan fingerprint density at radius 2 is 2.10 bits per heavy atom. The lowest BCUT2D eigenvalue weighted by Gasteiger charge is -2.12. The Hall–Kier alpha value is -3.08. The van der Waals surface area contributed by atoms with Gasteiger partial charge >= 0.3 is 0 Å². The maximum Gasteiger partial charge on any atom is 0.269 e. The number of non-ortho nitro benzene ring substituents is 1. The predicted octanol–water partition coefficient (Wildman–Crippen LogP) is 1.69. The number of nitrogen functional groups attached to an aromatic ring is 1. The number of aromatic nitrogens is 2. The molecule has 21 heavy (non-hydrogen) atoms. The second-order valence-electron chi connectivity index (χ2n) is 4.40. The van der Waals surface area contributed by atoms with E-state index in [2.05, 4.69) is 5.10 Å². The van der Waals surface area contributed by atoms with Gasteiger partial charge in [-0.2, -0.15) is 5.26 Å². The maximum absolute atomic E-state index is 10.7. The van der Waals surface area contributed by atoms with Crippen LogP contribution in [0.25, 0.3) is 5.69 Å². The summed E-state index contributed by atoms with van der Waals surface area (Å²) in [4.78, 5) is 12.0. The topological polar surface area (TPSA) is 114 Å². The third kappa shape index (κ3) is 2.49. The Bertz CT molecular complexity index is 713. The van der Waals surface area contributed by atoms with Crippen molar-refractivity contribution in [3.05, 3.63) is 39.9 Å². The molecule has 1 aromatic carbocycles. The summed E-state index contributed by atoms with van der Waals surface area (Å²) in [5.74, 6) is 0.692. The van der Waals surface area contributed by atoms with Gasteiger partial charge in [0.2, 0.25) is 0 Å². The number of anilines is 2. The zero-order valence-corrected chi connectivity index (χ0v) is 11.6. The quantitative estimate of drug-likeness (QED) is 0.675. The number of nitrogens with two attached hydrogens (primary N) is 1. The molecule has 0 aliphatic rings. The molecule has 0 amide bonds. The minimum absolute atomic E-state index is 0.0177. The van der Waals surface area contributed by atoms with E-state index < -0.39 is 4.92 Å². The highest BCUT2D eigenvalue weighted by molar-refractivity contribution is 5.67. The van der Waals surface area contributed by atoms with Gasteiger partial charge < -0.3 is 10.6 Å². The van der Waals surface area contributed by atoms with Gasteiger partial charge in [-0.05, 0) is 19.1 Å². The van der Waals surface area contributed by atoms with Crippen LogP contribution >= 0.6 is 0 Å². The van der Waals surface area contributed by atoms with Crippen molar-refractivity contribution in [1.29, 1.82) is 5.26 Å². The number of rotatable bonds is 4. The van der Waals surface area contributed by atoms with Crippen LogP contribution < -0.4 is 10.6 Å². The normalized spacial score (nSPS) is 10.1. The number of nitriles is 1. The van der Waals surface area contributed by atoms with Crippen molar-refractivity contribution in [3.63, 3.8) is 0 Å². The van der Waals surface area contributed by atoms with E-state index in [-0.39, 0.29) is 17.1 Å². The SMILES string of the molecule is CCN(C)c1nn(-c2ccc([N+](=O)[O-])cc2)c(N)c1C#N. The number of nitro groups is 1. The van der Waals surface area contributed by atoms with Crippen molar-refractivity contribution < 1.29 is 4.92 Å².